The van der Waals surface area contributed by atoms with Gasteiger partial charge in [0.15, 0.2) is 0 Å². The first-order chi connectivity index (χ1) is 27.0. The highest BCUT2D eigenvalue weighted by atomic mass is 28.4. The van der Waals surface area contributed by atoms with Gasteiger partial charge in [0.25, 0.3) is 6.54 Å². The molecular weight excluding hydrogens is 1030 g/mol. The summed E-state index contributed by atoms with van der Waals surface area (Å²) in [6, 6.07) is -1.60. The zero-order chi connectivity index (χ0) is 52.4. The number of alkyl halides is 33. The van der Waals surface area contributed by atoms with Gasteiger partial charge in [0, 0.05) is 33.8 Å². The average molecular weight is 1050 g/mol. The summed E-state index contributed by atoms with van der Waals surface area (Å²) in [5.74, 6) is -71.7. The summed E-state index contributed by atoms with van der Waals surface area (Å²) in [4.78, 5) is 8.14. The molecule has 0 aromatic heterocycles. The standard InChI is InChI=1S/C13H13F17O3Si.C8H2F16O2.CHFO/c1-31-34(32-2,33-3)5-4-6(14,15)7(16,17)8(18,19)9(20,21)10(22,23)11(24,25)12(26,27)13(28,29)30;9-2(10,11)1-25-8(23,24)4(14,6(18,19)20)26-7(21,22)3(12,13)5(15,16)17;2-1-3/h4-5H2,1-3H3;1H2;1H. The van der Waals surface area contributed by atoms with Crippen LogP contribution in [0.15, 0.2) is 0 Å². The van der Waals surface area contributed by atoms with Crippen molar-refractivity contribution in [3.63, 3.8) is 0 Å². The first kappa shape index (κ1) is 64.6. The zero-order valence-corrected chi connectivity index (χ0v) is 30.0. The minimum absolute atomic E-state index is 0.668. The summed E-state index contributed by atoms with van der Waals surface area (Å²) in [6.07, 6.45) is -46.1. The topological polar surface area (TPSA) is 63.2 Å². The summed E-state index contributed by atoms with van der Waals surface area (Å²) in [5.41, 5.74) is 0. The molecule has 0 fully saturated rings. The van der Waals surface area contributed by atoms with E-state index in [2.05, 4.69) is 18.0 Å². The SMILES string of the molecule is CO[Si](CCC(F)(F)C(F)(F)C(F)(F)C(F)(F)C(F)(F)C(F)(F)C(F)(F)C(F)(F)F)(OC)OC.FC(F)(F)COC(F)(F)C(F)(OC(F)(F)C(F)(F)C(F)(F)F)C(F)(F)F.O=CF. The van der Waals surface area contributed by atoms with Crippen LogP contribution in [0.1, 0.15) is 6.42 Å². The van der Waals surface area contributed by atoms with Gasteiger partial charge in [-0.15, -0.1) is 0 Å². The number of ether oxygens (including phenoxy) is 2. The van der Waals surface area contributed by atoms with Gasteiger partial charge in [-0.2, -0.15) is 149 Å². The molecular formula is C22H16F34O6Si. The Bertz CT molecular complexity index is 1440. The van der Waals surface area contributed by atoms with Crippen LogP contribution in [0.5, 0.6) is 0 Å². The largest absolute Gasteiger partial charge is 0.500 e. The Kier molecular flexibility index (Phi) is 19.7. The van der Waals surface area contributed by atoms with Gasteiger partial charge in [-0.25, -0.2) is 0 Å². The molecule has 6 nitrogen and oxygen atoms in total. The molecule has 0 aliphatic carbocycles. The van der Waals surface area contributed by atoms with Gasteiger partial charge >= 0.3 is 99.0 Å². The van der Waals surface area contributed by atoms with Gasteiger partial charge in [-0.05, 0) is 0 Å². The van der Waals surface area contributed by atoms with Crippen LogP contribution in [-0.4, -0.2) is 133 Å². The van der Waals surface area contributed by atoms with E-state index in [4.69, 9.17) is 4.79 Å². The highest BCUT2D eigenvalue weighted by molar-refractivity contribution is 6.60. The molecule has 0 saturated carbocycles. The van der Waals surface area contributed by atoms with Crippen LogP contribution in [0, 0.1) is 0 Å². The predicted molar refractivity (Wildman–Crippen MR) is 129 cm³/mol. The maximum absolute atomic E-state index is 13.8. The number of rotatable bonds is 18. The third-order valence-corrected chi connectivity index (χ3v) is 9.34. The normalized spacial score (nSPS) is 16.4. The summed E-state index contributed by atoms with van der Waals surface area (Å²) in [6.45, 7) is -4.19. The van der Waals surface area contributed by atoms with Crippen LogP contribution in [0.2, 0.25) is 6.04 Å². The summed E-state index contributed by atoms with van der Waals surface area (Å²) < 4.78 is 446. The van der Waals surface area contributed by atoms with E-state index in [0.29, 0.717) is 21.3 Å². The fourth-order valence-corrected chi connectivity index (χ4v) is 4.91. The molecule has 0 N–H and O–H groups in total. The molecule has 0 radical (unpaired) electrons. The minimum atomic E-state index is -8.65. The van der Waals surface area contributed by atoms with Crippen LogP contribution in [0.4, 0.5) is 149 Å². The van der Waals surface area contributed by atoms with E-state index in [-0.39, 0.29) is 0 Å². The summed E-state index contributed by atoms with van der Waals surface area (Å²) >= 11 is 0. The van der Waals surface area contributed by atoms with E-state index < -0.39 is 125 Å². The monoisotopic (exact) mass is 1050 g/mol. The second-order valence-corrected chi connectivity index (χ2v) is 13.8. The lowest BCUT2D eigenvalue weighted by Crippen LogP contribution is -2.74. The molecule has 0 aliphatic rings. The zero-order valence-electron chi connectivity index (χ0n) is 29.0. The van der Waals surface area contributed by atoms with Crippen molar-refractivity contribution in [2.24, 2.45) is 0 Å². The Morgan fingerprint density at radius 1 is 0.413 bits per heavy atom. The molecule has 1 atom stereocenters. The second-order valence-electron chi connectivity index (χ2n) is 10.7. The Morgan fingerprint density at radius 2 is 0.698 bits per heavy atom. The van der Waals surface area contributed by atoms with E-state index in [1.807, 2.05) is 0 Å². The Hall–Kier alpha value is -2.69. The maximum atomic E-state index is 13.8. The Labute approximate surface area is 324 Å². The van der Waals surface area contributed by atoms with Crippen molar-refractivity contribution in [1.29, 1.82) is 0 Å². The van der Waals surface area contributed by atoms with Crippen molar-refractivity contribution in [1.82, 2.24) is 0 Å². The molecule has 0 aromatic carbocycles. The molecule has 0 amide bonds. The molecule has 0 aromatic rings. The van der Waals surface area contributed by atoms with Crippen LogP contribution in [0.25, 0.3) is 0 Å². The summed E-state index contributed by atoms with van der Waals surface area (Å²) in [7, 11) is -2.36. The van der Waals surface area contributed by atoms with Crippen molar-refractivity contribution in [2.75, 3.05) is 27.9 Å². The average Bonchev–Trinajstić information content (AvgIpc) is 3.06. The molecule has 1 unspecified atom stereocenters. The lowest BCUT2D eigenvalue weighted by atomic mass is 9.88. The van der Waals surface area contributed by atoms with E-state index in [9.17, 15) is 149 Å². The molecule has 0 spiro atoms. The van der Waals surface area contributed by atoms with Crippen molar-refractivity contribution in [2.45, 2.75) is 103 Å². The molecule has 0 bridgehead atoms. The molecule has 0 rings (SSSR count). The van der Waals surface area contributed by atoms with E-state index in [0.717, 1.165) is 0 Å². The van der Waals surface area contributed by atoms with E-state index >= 15 is 0 Å². The van der Waals surface area contributed by atoms with Crippen molar-refractivity contribution < 1.29 is 177 Å². The highest BCUT2D eigenvalue weighted by Crippen LogP contribution is 2.64. The lowest BCUT2D eigenvalue weighted by molar-refractivity contribution is -0.535. The van der Waals surface area contributed by atoms with Gasteiger partial charge in [0.05, 0.1) is 0 Å². The number of hydrogen-bond acceptors (Lipinski definition) is 6. The van der Waals surface area contributed by atoms with Gasteiger partial charge in [-0.3, -0.25) is 9.53 Å². The number of carbonyl (C=O) groups is 1. The maximum Gasteiger partial charge on any atom is 0.500 e. The third-order valence-electron chi connectivity index (χ3n) is 6.61. The highest BCUT2D eigenvalue weighted by Gasteiger charge is 2.95. The number of halogens is 34. The van der Waals surface area contributed by atoms with Crippen LogP contribution >= 0.6 is 0 Å². The van der Waals surface area contributed by atoms with Crippen molar-refractivity contribution in [3.05, 3.63) is 0 Å². The fourth-order valence-electron chi connectivity index (χ4n) is 3.17. The smallest absolute Gasteiger partial charge is 0.377 e. The third kappa shape index (κ3) is 12.4. The number of hydrogen-bond donors (Lipinski definition) is 0. The first-order valence-corrected chi connectivity index (χ1v) is 15.7. The molecule has 41 heteroatoms. The van der Waals surface area contributed by atoms with Gasteiger partial charge in [0.1, 0.15) is 6.61 Å². The van der Waals surface area contributed by atoms with E-state index in [1.165, 1.54) is 4.74 Å². The van der Waals surface area contributed by atoms with Crippen LogP contribution in [0.3, 0.4) is 0 Å². The van der Waals surface area contributed by atoms with Crippen LogP contribution in [-0.2, 0) is 27.5 Å². The van der Waals surface area contributed by atoms with E-state index in [1.54, 1.807) is 0 Å². The molecule has 0 heterocycles. The summed E-state index contributed by atoms with van der Waals surface area (Å²) in [5, 5.41) is 0. The fraction of sp³-hybridized carbons (Fsp3) is 0.955. The Balaban J connectivity index is -0.00000111. The lowest BCUT2D eigenvalue weighted by Gasteiger charge is -2.43. The minimum Gasteiger partial charge on any atom is -0.377 e. The molecule has 63 heavy (non-hydrogen) atoms. The molecule has 382 valence electrons. The second kappa shape index (κ2) is 19.3. The molecule has 0 saturated heterocycles. The predicted octanol–water partition coefficient (Wildman–Crippen LogP) is 11.6. The number of carbonyl (C=O) groups excluding carboxylic acids is 1. The Morgan fingerprint density at radius 3 is 0.952 bits per heavy atom. The van der Waals surface area contributed by atoms with Gasteiger partial charge in [0.2, 0.25) is 0 Å². The van der Waals surface area contributed by atoms with Gasteiger partial charge in [-0.1, -0.05) is 0 Å². The quantitative estimate of drug-likeness (QED) is 0.0590. The van der Waals surface area contributed by atoms with Gasteiger partial charge < -0.3 is 18.0 Å². The first-order valence-electron chi connectivity index (χ1n) is 13.7. The molecule has 0 aliphatic heterocycles. The van der Waals surface area contributed by atoms with Crippen molar-refractivity contribution >= 4 is 15.3 Å². The van der Waals surface area contributed by atoms with Crippen LogP contribution < -0.4 is 0 Å². The van der Waals surface area contributed by atoms with Crippen molar-refractivity contribution in [3.8, 4) is 0 Å².